The summed E-state index contributed by atoms with van der Waals surface area (Å²) in [4.78, 5) is 27.8. The lowest BCUT2D eigenvalue weighted by Gasteiger charge is -2.07. The zero-order valence-electron chi connectivity index (χ0n) is 14.4. The first kappa shape index (κ1) is 20.6. The third-order valence-electron chi connectivity index (χ3n) is 3.39. The molecule has 12 heteroatoms. The third kappa shape index (κ3) is 5.44. The van der Waals surface area contributed by atoms with E-state index in [1.165, 1.54) is 10.9 Å². The van der Waals surface area contributed by atoms with Gasteiger partial charge in [-0.1, -0.05) is 40.9 Å². The van der Waals surface area contributed by atoms with E-state index < -0.39 is 11.9 Å². The molecule has 0 spiro atoms. The van der Waals surface area contributed by atoms with Gasteiger partial charge in [0, 0.05) is 6.20 Å². The molecular weight excluding hydrogens is 441 g/mol. The van der Waals surface area contributed by atoms with Gasteiger partial charge in [-0.3, -0.25) is 9.78 Å². The Morgan fingerprint density at radius 1 is 1.07 bits per heavy atom. The van der Waals surface area contributed by atoms with Crippen LogP contribution in [0.2, 0.25) is 15.2 Å². The van der Waals surface area contributed by atoms with Gasteiger partial charge >= 0.3 is 6.03 Å². The largest absolute Gasteiger partial charge is 0.339 e. The number of urea groups is 1. The number of hydrazone groups is 1. The van der Waals surface area contributed by atoms with E-state index in [9.17, 15) is 9.59 Å². The summed E-state index contributed by atoms with van der Waals surface area (Å²) in [6.07, 6.45) is 5.59. The second-order valence-corrected chi connectivity index (χ2v) is 6.57. The molecule has 0 fully saturated rings. The number of carbonyl (C=O) groups is 2. The van der Waals surface area contributed by atoms with E-state index >= 15 is 0 Å². The summed E-state index contributed by atoms with van der Waals surface area (Å²) in [6.45, 7) is 0. The van der Waals surface area contributed by atoms with Gasteiger partial charge in [-0.15, -0.1) is 0 Å². The SMILES string of the molecule is O=C(C=NNC(=O)Nc1c(Cl)cccc1Cl)Nc1cn(-c2cccnc2)nc1Cl. The first-order valence-electron chi connectivity index (χ1n) is 7.94. The Morgan fingerprint density at radius 3 is 2.52 bits per heavy atom. The predicted molar refractivity (Wildman–Crippen MR) is 112 cm³/mol. The van der Waals surface area contributed by atoms with Crippen molar-refractivity contribution in [1.82, 2.24) is 20.2 Å². The number of rotatable bonds is 5. The number of nitrogens with one attached hydrogen (secondary N) is 3. The van der Waals surface area contributed by atoms with Crippen molar-refractivity contribution in [1.29, 1.82) is 0 Å². The fourth-order valence-corrected chi connectivity index (χ4v) is 2.80. The molecule has 2 heterocycles. The molecule has 0 bridgehead atoms. The number of benzene rings is 1. The molecule has 9 nitrogen and oxygen atoms in total. The quantitative estimate of drug-likeness (QED) is 0.401. The topological polar surface area (TPSA) is 113 Å². The van der Waals surface area contributed by atoms with Gasteiger partial charge in [-0.05, 0) is 24.3 Å². The highest BCUT2D eigenvalue weighted by molar-refractivity contribution is 6.39. The molecule has 3 N–H and O–H groups in total. The molecule has 0 aliphatic heterocycles. The summed E-state index contributed by atoms with van der Waals surface area (Å²) >= 11 is 17.9. The normalized spacial score (nSPS) is 10.7. The lowest BCUT2D eigenvalue weighted by Crippen LogP contribution is -2.25. The second-order valence-electron chi connectivity index (χ2n) is 5.40. The Kier molecular flexibility index (Phi) is 6.65. The van der Waals surface area contributed by atoms with Gasteiger partial charge in [0.2, 0.25) is 0 Å². The molecule has 0 aliphatic carbocycles. The van der Waals surface area contributed by atoms with Crippen LogP contribution >= 0.6 is 34.8 Å². The van der Waals surface area contributed by atoms with Gasteiger partial charge in [0.15, 0.2) is 5.15 Å². The molecule has 0 atom stereocenters. The van der Waals surface area contributed by atoms with Gasteiger partial charge in [0.05, 0.1) is 39.5 Å². The highest BCUT2D eigenvalue weighted by Crippen LogP contribution is 2.29. The minimum atomic E-state index is -0.730. The molecule has 1 aromatic carbocycles. The molecule has 0 unspecified atom stereocenters. The summed E-state index contributed by atoms with van der Waals surface area (Å²) in [7, 11) is 0. The number of halogens is 3. The molecular formula is C17H12Cl3N7O2. The van der Waals surface area contributed by atoms with E-state index in [1.807, 2.05) is 0 Å². The van der Waals surface area contributed by atoms with Crippen LogP contribution in [0.15, 0.2) is 54.0 Å². The fraction of sp³-hybridized carbons (Fsp3) is 0. The molecule has 0 aliphatic rings. The van der Waals surface area contributed by atoms with Crippen molar-refractivity contribution in [3.8, 4) is 5.69 Å². The van der Waals surface area contributed by atoms with Crippen LogP contribution in [-0.4, -0.2) is 32.9 Å². The number of hydrogen-bond donors (Lipinski definition) is 3. The Balaban J connectivity index is 1.56. The van der Waals surface area contributed by atoms with E-state index in [-0.39, 0.29) is 26.6 Å². The second kappa shape index (κ2) is 9.37. The number of carbonyl (C=O) groups excluding carboxylic acids is 2. The van der Waals surface area contributed by atoms with Crippen molar-refractivity contribution >= 4 is 64.3 Å². The standard InChI is InChI=1S/C17H12Cl3N7O2/c18-11-4-1-5-12(19)15(11)24-17(29)25-22-8-14(28)23-13-9-27(26-16(13)20)10-3-2-6-21-7-10/h1-9H,(H,23,28)(H2,24,25,29). The monoisotopic (exact) mass is 451 g/mol. The third-order valence-corrected chi connectivity index (χ3v) is 4.30. The summed E-state index contributed by atoms with van der Waals surface area (Å²) in [5.74, 6) is -0.631. The van der Waals surface area contributed by atoms with E-state index in [0.717, 1.165) is 6.21 Å². The summed E-state index contributed by atoms with van der Waals surface area (Å²) in [6, 6.07) is 7.55. The number of hydrogen-bond acceptors (Lipinski definition) is 5. The summed E-state index contributed by atoms with van der Waals surface area (Å²) < 4.78 is 1.46. The molecule has 29 heavy (non-hydrogen) atoms. The van der Waals surface area contributed by atoms with Gasteiger partial charge in [0.1, 0.15) is 6.21 Å². The zero-order valence-corrected chi connectivity index (χ0v) is 16.7. The van der Waals surface area contributed by atoms with Crippen molar-refractivity contribution in [3.05, 3.63) is 64.1 Å². The number of amides is 3. The lowest BCUT2D eigenvalue weighted by atomic mass is 10.3. The number of nitrogens with zero attached hydrogens (tertiary/aromatic N) is 4. The van der Waals surface area contributed by atoms with E-state index in [0.29, 0.717) is 5.69 Å². The Hall–Kier alpha value is -3.14. The Labute approximate surface area is 179 Å². The first-order chi connectivity index (χ1) is 13.9. The Morgan fingerprint density at radius 2 is 1.83 bits per heavy atom. The van der Waals surface area contributed by atoms with Gasteiger partial charge < -0.3 is 10.6 Å². The Bertz CT molecular complexity index is 1050. The molecule has 3 rings (SSSR count). The van der Waals surface area contributed by atoms with Gasteiger partial charge in [-0.2, -0.15) is 10.2 Å². The molecule has 3 amide bonds. The highest BCUT2D eigenvalue weighted by atomic mass is 35.5. The molecule has 2 aromatic heterocycles. The van der Waals surface area contributed by atoms with Crippen LogP contribution in [0, 0.1) is 0 Å². The van der Waals surface area contributed by atoms with E-state index in [1.54, 1.807) is 42.7 Å². The zero-order chi connectivity index (χ0) is 20.8. The number of aromatic nitrogens is 3. The van der Waals surface area contributed by atoms with Gasteiger partial charge in [-0.25, -0.2) is 14.9 Å². The molecule has 3 aromatic rings. The first-order valence-corrected chi connectivity index (χ1v) is 9.08. The van der Waals surface area contributed by atoms with Gasteiger partial charge in [0.25, 0.3) is 5.91 Å². The maximum atomic E-state index is 12.0. The van der Waals surface area contributed by atoms with Crippen LogP contribution in [0.5, 0.6) is 0 Å². The number of para-hydroxylation sites is 1. The van der Waals surface area contributed by atoms with Crippen LogP contribution in [0.25, 0.3) is 5.69 Å². The lowest BCUT2D eigenvalue weighted by molar-refractivity contribution is -0.110. The summed E-state index contributed by atoms with van der Waals surface area (Å²) in [5, 5.41) is 13.2. The van der Waals surface area contributed by atoms with Crippen molar-refractivity contribution in [3.63, 3.8) is 0 Å². The van der Waals surface area contributed by atoms with Crippen LogP contribution in [0.3, 0.4) is 0 Å². The molecule has 0 saturated heterocycles. The van der Waals surface area contributed by atoms with Crippen LogP contribution in [0.1, 0.15) is 0 Å². The van der Waals surface area contributed by atoms with Crippen molar-refractivity contribution in [2.75, 3.05) is 10.6 Å². The van der Waals surface area contributed by atoms with Crippen molar-refractivity contribution < 1.29 is 9.59 Å². The average Bonchev–Trinajstić information content (AvgIpc) is 3.06. The average molecular weight is 453 g/mol. The number of anilines is 2. The van der Waals surface area contributed by atoms with Crippen LogP contribution < -0.4 is 16.1 Å². The van der Waals surface area contributed by atoms with Crippen molar-refractivity contribution in [2.24, 2.45) is 5.10 Å². The van der Waals surface area contributed by atoms with E-state index in [4.69, 9.17) is 34.8 Å². The fourth-order valence-electron chi connectivity index (χ4n) is 2.13. The minimum Gasteiger partial charge on any atom is -0.317 e. The molecule has 0 saturated carbocycles. The van der Waals surface area contributed by atoms with Crippen molar-refractivity contribution in [2.45, 2.75) is 0 Å². The molecule has 148 valence electrons. The van der Waals surface area contributed by atoms with Crippen LogP contribution in [0.4, 0.5) is 16.2 Å². The minimum absolute atomic E-state index is 0.0784. The van der Waals surface area contributed by atoms with Crippen LogP contribution in [-0.2, 0) is 4.79 Å². The maximum Gasteiger partial charge on any atom is 0.339 e. The predicted octanol–water partition coefficient (Wildman–Crippen LogP) is 3.97. The highest BCUT2D eigenvalue weighted by Gasteiger charge is 2.11. The maximum absolute atomic E-state index is 12.0. The summed E-state index contributed by atoms with van der Waals surface area (Å²) in [5.41, 5.74) is 3.28. The van der Waals surface area contributed by atoms with E-state index in [2.05, 4.69) is 31.2 Å². The number of pyridine rings is 1. The molecule has 0 radical (unpaired) electrons. The smallest absolute Gasteiger partial charge is 0.317 e.